The van der Waals surface area contributed by atoms with Crippen LogP contribution < -0.4 is 10.9 Å². The second kappa shape index (κ2) is 8.82. The minimum atomic E-state index is -0.203. The number of nitrogens with one attached hydrogen (secondary N) is 1. The normalized spacial score (nSPS) is 11.1. The lowest BCUT2D eigenvalue weighted by molar-refractivity contribution is -0.121. The highest BCUT2D eigenvalue weighted by atomic mass is 16.3. The van der Waals surface area contributed by atoms with Gasteiger partial charge in [0.25, 0.3) is 5.56 Å². The predicted molar refractivity (Wildman–Crippen MR) is 115 cm³/mol. The number of rotatable bonds is 8. The molecule has 1 amide bonds. The van der Waals surface area contributed by atoms with Crippen LogP contribution in [-0.4, -0.2) is 20.0 Å². The summed E-state index contributed by atoms with van der Waals surface area (Å²) in [4.78, 5) is 30.3. The first kappa shape index (κ1) is 19.7. The Kier molecular flexibility index (Phi) is 5.79. The molecule has 0 aliphatic rings. The zero-order chi connectivity index (χ0) is 20.9. The summed E-state index contributed by atoms with van der Waals surface area (Å²) in [6.07, 6.45) is 6.88. The van der Waals surface area contributed by atoms with Gasteiger partial charge in [-0.25, -0.2) is 4.98 Å². The number of nitrogens with zero attached hydrogens (tertiary/aromatic N) is 3. The average Bonchev–Trinajstić information content (AvgIpc) is 3.41. The van der Waals surface area contributed by atoms with Crippen LogP contribution in [0.4, 0.5) is 0 Å². The fourth-order valence-corrected chi connectivity index (χ4v) is 3.47. The molecule has 4 rings (SSSR count). The quantitative estimate of drug-likeness (QED) is 0.487. The summed E-state index contributed by atoms with van der Waals surface area (Å²) in [7, 11) is 0. The number of hydrogen-bond acceptors (Lipinski definition) is 4. The molecule has 0 saturated carbocycles. The SMILES string of the molecule is CCCCn1cnc2c(-c3ccccc3)cn(CC(=O)NCc3ccco3)c2c1=O. The molecule has 154 valence electrons. The zero-order valence-corrected chi connectivity index (χ0v) is 16.9. The maximum absolute atomic E-state index is 13.2. The van der Waals surface area contributed by atoms with E-state index >= 15 is 0 Å². The smallest absolute Gasteiger partial charge is 0.277 e. The summed E-state index contributed by atoms with van der Waals surface area (Å²) in [5, 5.41) is 2.83. The van der Waals surface area contributed by atoms with Crippen molar-refractivity contribution in [1.29, 1.82) is 0 Å². The van der Waals surface area contributed by atoms with Crippen molar-refractivity contribution in [3.8, 4) is 11.1 Å². The molecule has 0 saturated heterocycles. The summed E-state index contributed by atoms with van der Waals surface area (Å²) in [6.45, 7) is 3.01. The summed E-state index contributed by atoms with van der Waals surface area (Å²) >= 11 is 0. The Bertz CT molecular complexity index is 1190. The molecule has 0 bridgehead atoms. The second-order valence-electron chi connectivity index (χ2n) is 7.19. The van der Waals surface area contributed by atoms with E-state index in [9.17, 15) is 9.59 Å². The summed E-state index contributed by atoms with van der Waals surface area (Å²) < 4.78 is 8.58. The lowest BCUT2D eigenvalue weighted by Gasteiger charge is -2.08. The van der Waals surface area contributed by atoms with Crippen molar-refractivity contribution in [2.45, 2.75) is 39.4 Å². The fourth-order valence-electron chi connectivity index (χ4n) is 3.47. The van der Waals surface area contributed by atoms with Crippen molar-refractivity contribution >= 4 is 16.9 Å². The van der Waals surface area contributed by atoms with Gasteiger partial charge in [-0.05, 0) is 24.1 Å². The Morgan fingerprint density at radius 2 is 1.97 bits per heavy atom. The fraction of sp³-hybridized carbons (Fsp3) is 0.261. The maximum Gasteiger partial charge on any atom is 0.277 e. The van der Waals surface area contributed by atoms with Crippen molar-refractivity contribution in [3.05, 3.63) is 77.4 Å². The van der Waals surface area contributed by atoms with Gasteiger partial charge in [-0.2, -0.15) is 0 Å². The lowest BCUT2D eigenvalue weighted by Crippen LogP contribution is -2.28. The highest BCUT2D eigenvalue weighted by Gasteiger charge is 2.18. The van der Waals surface area contributed by atoms with E-state index in [0.717, 1.165) is 24.0 Å². The molecule has 7 nitrogen and oxygen atoms in total. The van der Waals surface area contributed by atoms with Crippen LogP contribution in [0.2, 0.25) is 0 Å². The number of benzene rings is 1. The van der Waals surface area contributed by atoms with Gasteiger partial charge in [-0.15, -0.1) is 0 Å². The van der Waals surface area contributed by atoms with Gasteiger partial charge in [0.05, 0.1) is 19.1 Å². The molecule has 0 radical (unpaired) electrons. The van der Waals surface area contributed by atoms with Crippen LogP contribution >= 0.6 is 0 Å². The zero-order valence-electron chi connectivity index (χ0n) is 16.9. The number of amides is 1. The number of carbonyl (C=O) groups excluding carboxylic acids is 1. The molecule has 0 atom stereocenters. The Labute approximate surface area is 174 Å². The van der Waals surface area contributed by atoms with Gasteiger partial charge < -0.3 is 14.3 Å². The highest BCUT2D eigenvalue weighted by Crippen LogP contribution is 2.27. The number of aromatic nitrogens is 3. The molecule has 0 unspecified atom stereocenters. The van der Waals surface area contributed by atoms with E-state index in [2.05, 4.69) is 17.2 Å². The van der Waals surface area contributed by atoms with Gasteiger partial charge in [0, 0.05) is 18.3 Å². The third kappa shape index (κ3) is 4.05. The minimum Gasteiger partial charge on any atom is -0.467 e. The van der Waals surface area contributed by atoms with Crippen LogP contribution in [0, 0.1) is 0 Å². The molecule has 4 aromatic rings. The number of unbranched alkanes of at least 4 members (excludes halogenated alkanes) is 1. The first-order chi connectivity index (χ1) is 14.7. The summed E-state index contributed by atoms with van der Waals surface area (Å²) in [5.41, 5.74) is 2.72. The Morgan fingerprint density at radius 1 is 1.13 bits per heavy atom. The van der Waals surface area contributed by atoms with Gasteiger partial charge in [0.1, 0.15) is 23.3 Å². The first-order valence-electron chi connectivity index (χ1n) is 10.1. The van der Waals surface area contributed by atoms with Crippen molar-refractivity contribution in [2.75, 3.05) is 0 Å². The lowest BCUT2D eigenvalue weighted by atomic mass is 10.1. The Morgan fingerprint density at radius 3 is 2.70 bits per heavy atom. The molecule has 1 N–H and O–H groups in total. The van der Waals surface area contributed by atoms with Crippen LogP contribution in [0.5, 0.6) is 0 Å². The van der Waals surface area contributed by atoms with Gasteiger partial charge in [-0.1, -0.05) is 43.7 Å². The number of furan rings is 1. The highest BCUT2D eigenvalue weighted by molar-refractivity contribution is 5.93. The summed E-state index contributed by atoms with van der Waals surface area (Å²) in [5.74, 6) is 0.473. The Balaban J connectivity index is 1.71. The van der Waals surface area contributed by atoms with Crippen LogP contribution in [0.1, 0.15) is 25.5 Å². The largest absolute Gasteiger partial charge is 0.467 e. The van der Waals surface area contributed by atoms with Gasteiger partial charge in [0.15, 0.2) is 0 Å². The third-order valence-electron chi connectivity index (χ3n) is 5.03. The maximum atomic E-state index is 13.2. The predicted octanol–water partition coefficient (Wildman–Crippen LogP) is 3.57. The van der Waals surface area contributed by atoms with Crippen molar-refractivity contribution in [3.63, 3.8) is 0 Å². The molecule has 3 heterocycles. The van der Waals surface area contributed by atoms with E-state index < -0.39 is 0 Å². The van der Waals surface area contributed by atoms with Crippen LogP contribution in [0.15, 0.2) is 70.5 Å². The first-order valence-corrected chi connectivity index (χ1v) is 10.1. The molecular formula is C23H24N4O3. The van der Waals surface area contributed by atoms with Crippen LogP contribution in [-0.2, 0) is 24.4 Å². The summed E-state index contributed by atoms with van der Waals surface area (Å²) in [6, 6.07) is 13.3. The van der Waals surface area contributed by atoms with E-state index in [0.29, 0.717) is 29.9 Å². The van der Waals surface area contributed by atoms with E-state index in [1.807, 2.05) is 36.5 Å². The Hall–Kier alpha value is -3.61. The van der Waals surface area contributed by atoms with Crippen molar-refractivity contribution in [1.82, 2.24) is 19.4 Å². The monoisotopic (exact) mass is 404 g/mol. The molecular weight excluding hydrogens is 380 g/mol. The third-order valence-corrected chi connectivity index (χ3v) is 5.03. The van der Waals surface area contributed by atoms with Gasteiger partial charge >= 0.3 is 0 Å². The molecule has 30 heavy (non-hydrogen) atoms. The number of aryl methyl sites for hydroxylation is 1. The molecule has 7 heteroatoms. The molecule has 3 aromatic heterocycles. The number of hydrogen-bond donors (Lipinski definition) is 1. The van der Waals surface area contributed by atoms with Gasteiger partial charge in [-0.3, -0.25) is 14.2 Å². The van der Waals surface area contributed by atoms with Gasteiger partial charge in [0.2, 0.25) is 5.91 Å². The number of fused-ring (bicyclic) bond motifs is 1. The van der Waals surface area contributed by atoms with Crippen LogP contribution in [0.25, 0.3) is 22.2 Å². The molecule has 0 aliphatic carbocycles. The van der Waals surface area contributed by atoms with E-state index in [-0.39, 0.29) is 18.0 Å². The molecule has 0 fully saturated rings. The van der Waals surface area contributed by atoms with E-state index in [1.54, 1.807) is 33.9 Å². The van der Waals surface area contributed by atoms with Crippen molar-refractivity contribution in [2.24, 2.45) is 0 Å². The standard InChI is InChI=1S/C23H24N4O3/c1-2-3-11-26-16-25-21-19(17-8-5-4-6-9-17)14-27(22(21)23(26)29)15-20(28)24-13-18-10-7-12-30-18/h4-10,12,14,16H,2-3,11,13,15H2,1H3,(H,24,28). The molecule has 1 aromatic carbocycles. The second-order valence-corrected chi connectivity index (χ2v) is 7.19. The molecule has 0 aliphatic heterocycles. The van der Waals surface area contributed by atoms with E-state index in [4.69, 9.17) is 4.42 Å². The number of carbonyl (C=O) groups is 1. The van der Waals surface area contributed by atoms with E-state index in [1.165, 1.54) is 0 Å². The average molecular weight is 404 g/mol. The van der Waals surface area contributed by atoms with Crippen LogP contribution in [0.3, 0.4) is 0 Å². The minimum absolute atomic E-state index is 0.0265. The molecule has 0 spiro atoms. The van der Waals surface area contributed by atoms with Crippen molar-refractivity contribution < 1.29 is 9.21 Å². The topological polar surface area (TPSA) is 82.1 Å².